The molecule has 82 valence electrons. The Bertz CT molecular complexity index is 221. The lowest BCUT2D eigenvalue weighted by molar-refractivity contribution is -0.173. The van der Waals surface area contributed by atoms with E-state index >= 15 is 0 Å². The van der Waals surface area contributed by atoms with Gasteiger partial charge in [0.2, 0.25) is 0 Å². The second-order valence-electron chi connectivity index (χ2n) is 3.67. The number of ether oxygens (including phenoxy) is 1. The Labute approximate surface area is 82.7 Å². The van der Waals surface area contributed by atoms with Crippen molar-refractivity contribution in [3.8, 4) is 0 Å². The maximum absolute atomic E-state index is 11.2. The third-order valence-corrected chi connectivity index (χ3v) is 1.80. The van der Waals surface area contributed by atoms with Crippen molar-refractivity contribution in [2.75, 3.05) is 6.61 Å². The summed E-state index contributed by atoms with van der Waals surface area (Å²) in [4.78, 5) is 22.2. The van der Waals surface area contributed by atoms with Crippen molar-refractivity contribution >= 4 is 11.9 Å². The molecule has 14 heavy (non-hydrogen) atoms. The van der Waals surface area contributed by atoms with Gasteiger partial charge in [0.25, 0.3) is 0 Å². The first-order valence-corrected chi connectivity index (χ1v) is 4.40. The van der Waals surface area contributed by atoms with Crippen LogP contribution in [0.15, 0.2) is 0 Å². The normalized spacial score (nSPS) is 13.5. The first kappa shape index (κ1) is 13.1. The van der Waals surface area contributed by atoms with Crippen molar-refractivity contribution in [2.24, 2.45) is 5.41 Å². The van der Waals surface area contributed by atoms with Gasteiger partial charge in [-0.05, 0) is 20.3 Å². The van der Waals surface area contributed by atoms with Crippen LogP contribution in [0.2, 0.25) is 0 Å². The van der Waals surface area contributed by atoms with Gasteiger partial charge in [-0.1, -0.05) is 6.92 Å². The number of carbonyl (C=O) groups excluding carboxylic acids is 2. The fraction of sp³-hybridized carbons (Fsp3) is 0.778. The Morgan fingerprint density at radius 1 is 1.43 bits per heavy atom. The Hall–Kier alpha value is -0.940. The van der Waals surface area contributed by atoms with Gasteiger partial charge in [0.05, 0.1) is 12.0 Å². The van der Waals surface area contributed by atoms with Gasteiger partial charge in [0.1, 0.15) is 0 Å². The van der Waals surface area contributed by atoms with Crippen molar-refractivity contribution < 1.29 is 24.5 Å². The SMILES string of the molecule is CCC(O)C(=O)OC(=O)C(C)(C)CO. The summed E-state index contributed by atoms with van der Waals surface area (Å²) >= 11 is 0. The maximum atomic E-state index is 11.2. The first-order chi connectivity index (χ1) is 6.35. The molecule has 0 saturated heterocycles. The molecule has 0 aliphatic heterocycles. The highest BCUT2D eigenvalue weighted by molar-refractivity contribution is 5.90. The lowest BCUT2D eigenvalue weighted by Crippen LogP contribution is -2.35. The van der Waals surface area contributed by atoms with Crippen molar-refractivity contribution in [3.63, 3.8) is 0 Å². The van der Waals surface area contributed by atoms with E-state index in [0.29, 0.717) is 0 Å². The van der Waals surface area contributed by atoms with Crippen LogP contribution in [0.1, 0.15) is 27.2 Å². The molecule has 0 saturated carbocycles. The van der Waals surface area contributed by atoms with E-state index in [9.17, 15) is 9.59 Å². The summed E-state index contributed by atoms with van der Waals surface area (Å²) in [5.41, 5.74) is -1.12. The van der Waals surface area contributed by atoms with Crippen LogP contribution >= 0.6 is 0 Å². The molecule has 0 aliphatic rings. The van der Waals surface area contributed by atoms with E-state index in [2.05, 4.69) is 4.74 Å². The topological polar surface area (TPSA) is 83.8 Å². The van der Waals surface area contributed by atoms with E-state index < -0.39 is 30.1 Å². The van der Waals surface area contributed by atoms with Crippen molar-refractivity contribution in [3.05, 3.63) is 0 Å². The number of carbonyl (C=O) groups is 2. The van der Waals surface area contributed by atoms with E-state index in [1.807, 2.05) is 0 Å². The highest BCUT2D eigenvalue weighted by Gasteiger charge is 2.31. The lowest BCUT2D eigenvalue weighted by atomic mass is 9.95. The van der Waals surface area contributed by atoms with Gasteiger partial charge in [0, 0.05) is 0 Å². The summed E-state index contributed by atoms with van der Waals surface area (Å²) in [5, 5.41) is 17.8. The van der Waals surface area contributed by atoms with Gasteiger partial charge >= 0.3 is 11.9 Å². The van der Waals surface area contributed by atoms with E-state index in [1.165, 1.54) is 13.8 Å². The number of aliphatic hydroxyl groups is 2. The molecule has 2 N–H and O–H groups in total. The minimum Gasteiger partial charge on any atom is -0.395 e. The number of rotatable bonds is 4. The minimum atomic E-state index is -1.28. The molecule has 5 heteroatoms. The van der Waals surface area contributed by atoms with Crippen LogP contribution in [0, 0.1) is 5.41 Å². The van der Waals surface area contributed by atoms with E-state index in [-0.39, 0.29) is 6.42 Å². The monoisotopic (exact) mass is 204 g/mol. The van der Waals surface area contributed by atoms with Gasteiger partial charge in [-0.15, -0.1) is 0 Å². The molecule has 0 fully saturated rings. The standard InChI is InChI=1S/C9H16O5/c1-4-6(11)7(12)14-8(13)9(2,3)5-10/h6,10-11H,4-5H2,1-3H3. The van der Waals surface area contributed by atoms with Gasteiger partial charge in [-0.3, -0.25) is 4.79 Å². The summed E-state index contributed by atoms with van der Waals surface area (Å²) in [6, 6.07) is 0. The summed E-state index contributed by atoms with van der Waals surface area (Å²) in [6.45, 7) is 4.07. The van der Waals surface area contributed by atoms with Gasteiger partial charge < -0.3 is 14.9 Å². The zero-order valence-corrected chi connectivity index (χ0v) is 8.61. The molecular formula is C9H16O5. The van der Waals surface area contributed by atoms with Crippen molar-refractivity contribution in [1.82, 2.24) is 0 Å². The molecular weight excluding hydrogens is 188 g/mol. The Balaban J connectivity index is 4.27. The summed E-state index contributed by atoms with van der Waals surface area (Å²) in [6.07, 6.45) is -1.10. The van der Waals surface area contributed by atoms with E-state index in [0.717, 1.165) is 0 Å². The van der Waals surface area contributed by atoms with Crippen LogP contribution in [0.25, 0.3) is 0 Å². The van der Waals surface area contributed by atoms with Crippen LogP contribution in [-0.2, 0) is 14.3 Å². The molecule has 5 nitrogen and oxygen atoms in total. The number of aliphatic hydroxyl groups excluding tert-OH is 2. The molecule has 0 bridgehead atoms. The minimum absolute atomic E-state index is 0.186. The first-order valence-electron chi connectivity index (χ1n) is 4.40. The second kappa shape index (κ2) is 5.07. The molecule has 0 aromatic carbocycles. The smallest absolute Gasteiger partial charge is 0.342 e. The summed E-state index contributed by atoms with van der Waals surface area (Å²) < 4.78 is 4.37. The van der Waals surface area contributed by atoms with Crippen LogP contribution in [0.3, 0.4) is 0 Å². The fourth-order valence-electron chi connectivity index (χ4n) is 0.529. The third-order valence-electron chi connectivity index (χ3n) is 1.80. The maximum Gasteiger partial charge on any atom is 0.342 e. The predicted octanol–water partition coefficient (Wildman–Crippen LogP) is -0.154. The predicted molar refractivity (Wildman–Crippen MR) is 48.3 cm³/mol. The molecule has 1 atom stereocenters. The molecule has 0 radical (unpaired) electrons. The number of hydrogen-bond donors (Lipinski definition) is 2. The van der Waals surface area contributed by atoms with Crippen LogP contribution in [0.5, 0.6) is 0 Å². The number of esters is 2. The van der Waals surface area contributed by atoms with Crippen LogP contribution in [0.4, 0.5) is 0 Å². The zero-order valence-electron chi connectivity index (χ0n) is 8.61. The van der Waals surface area contributed by atoms with Crippen molar-refractivity contribution in [1.29, 1.82) is 0 Å². The highest BCUT2D eigenvalue weighted by Crippen LogP contribution is 2.16. The molecule has 0 aromatic heterocycles. The molecule has 0 rings (SSSR count). The van der Waals surface area contributed by atoms with Crippen LogP contribution < -0.4 is 0 Å². The zero-order chi connectivity index (χ0) is 11.4. The van der Waals surface area contributed by atoms with Gasteiger partial charge in [-0.2, -0.15) is 0 Å². The average molecular weight is 204 g/mol. The molecule has 0 amide bonds. The lowest BCUT2D eigenvalue weighted by Gasteiger charge is -2.19. The third kappa shape index (κ3) is 3.43. The van der Waals surface area contributed by atoms with E-state index in [4.69, 9.17) is 10.2 Å². The highest BCUT2D eigenvalue weighted by atomic mass is 16.6. The van der Waals surface area contributed by atoms with Gasteiger partial charge in [0.15, 0.2) is 6.10 Å². The quantitative estimate of drug-likeness (QED) is 0.491. The largest absolute Gasteiger partial charge is 0.395 e. The molecule has 0 aromatic rings. The fourth-order valence-corrected chi connectivity index (χ4v) is 0.529. The summed E-state index contributed by atoms with van der Waals surface area (Å²) in [5.74, 6) is -1.81. The van der Waals surface area contributed by atoms with Crippen molar-refractivity contribution in [2.45, 2.75) is 33.3 Å². The molecule has 0 heterocycles. The summed E-state index contributed by atoms with van der Waals surface area (Å²) in [7, 11) is 0. The molecule has 0 spiro atoms. The Morgan fingerprint density at radius 2 is 1.93 bits per heavy atom. The average Bonchev–Trinajstić information content (AvgIpc) is 2.16. The Kier molecular flexibility index (Phi) is 4.73. The van der Waals surface area contributed by atoms with Gasteiger partial charge in [-0.25, -0.2) is 4.79 Å². The molecule has 1 unspecified atom stereocenters. The second-order valence-corrected chi connectivity index (χ2v) is 3.67. The Morgan fingerprint density at radius 3 is 2.29 bits per heavy atom. The van der Waals surface area contributed by atoms with Crippen LogP contribution in [-0.4, -0.2) is 34.9 Å². The van der Waals surface area contributed by atoms with E-state index in [1.54, 1.807) is 6.92 Å². The molecule has 0 aliphatic carbocycles. The number of hydrogen-bond acceptors (Lipinski definition) is 5.